The minimum absolute atomic E-state index is 0.386. The Morgan fingerprint density at radius 2 is 2.26 bits per heavy atom. The molecule has 3 rings (SSSR count). The first-order chi connectivity index (χ1) is 13.1. The predicted octanol–water partition coefficient (Wildman–Crippen LogP) is 4.01. The number of rotatable bonds is 7. The maximum absolute atomic E-state index is 12.2. The summed E-state index contributed by atoms with van der Waals surface area (Å²) in [5, 5.41) is 7.86. The summed E-state index contributed by atoms with van der Waals surface area (Å²) >= 11 is 6.18. The van der Waals surface area contributed by atoms with Gasteiger partial charge in [-0.25, -0.2) is 9.78 Å². The normalized spacial score (nSPS) is 18.8. The molecule has 2 aromatic heterocycles. The van der Waals surface area contributed by atoms with Crippen LogP contribution in [0.15, 0.2) is 24.4 Å². The first-order valence-corrected chi connectivity index (χ1v) is 9.99. The van der Waals surface area contributed by atoms with Crippen LogP contribution in [0.1, 0.15) is 56.0 Å². The summed E-state index contributed by atoms with van der Waals surface area (Å²) in [5.41, 5.74) is 2.70. The van der Waals surface area contributed by atoms with Crippen molar-refractivity contribution in [1.82, 2.24) is 20.1 Å². The van der Waals surface area contributed by atoms with Crippen molar-refractivity contribution < 1.29 is 9.53 Å². The topological polar surface area (TPSA) is 69.0 Å². The van der Waals surface area contributed by atoms with Crippen LogP contribution < -0.4 is 5.32 Å². The number of alkyl carbamates (subject to hydrolysis) is 1. The molecule has 2 aromatic rings. The lowest BCUT2D eigenvalue weighted by molar-refractivity contribution is 0.141. The average molecular weight is 391 g/mol. The van der Waals surface area contributed by atoms with Gasteiger partial charge in [0.05, 0.1) is 23.9 Å². The molecule has 0 fully saturated rings. The van der Waals surface area contributed by atoms with Crippen molar-refractivity contribution in [2.75, 3.05) is 13.2 Å². The largest absolute Gasteiger partial charge is 0.450 e. The number of hydrogen-bond acceptors (Lipinski definition) is 4. The third-order valence-corrected chi connectivity index (χ3v) is 5.53. The molecule has 2 heterocycles. The summed E-state index contributed by atoms with van der Waals surface area (Å²) in [6, 6.07) is 5.64. The number of unbranched alkanes of at least 4 members (excludes halogenated alkanes) is 2. The molecule has 6 nitrogen and oxygen atoms in total. The molecule has 0 aromatic carbocycles. The Balaban J connectivity index is 1.83. The third-order valence-electron chi connectivity index (χ3n) is 5.32. The van der Waals surface area contributed by atoms with Gasteiger partial charge >= 0.3 is 6.09 Å². The van der Waals surface area contributed by atoms with Crippen molar-refractivity contribution in [3.8, 4) is 0 Å². The van der Waals surface area contributed by atoms with E-state index in [1.165, 1.54) is 5.69 Å². The van der Waals surface area contributed by atoms with Crippen molar-refractivity contribution in [1.29, 1.82) is 0 Å². The summed E-state index contributed by atoms with van der Waals surface area (Å²) in [4.78, 5) is 16.8. The number of nitrogens with zero attached hydrogens (tertiary/aromatic N) is 3. The van der Waals surface area contributed by atoms with Crippen molar-refractivity contribution in [2.24, 2.45) is 7.05 Å². The SMILES string of the molecule is CCCCCOC(=O)NCC1(c2cccc(Cl)n2)CCCc2c1cnn2C. The highest BCUT2D eigenvalue weighted by Gasteiger charge is 2.42. The molecule has 0 saturated heterocycles. The third kappa shape index (κ3) is 4.26. The van der Waals surface area contributed by atoms with Gasteiger partial charge in [0.1, 0.15) is 5.15 Å². The second-order valence-corrected chi connectivity index (χ2v) is 7.49. The minimum Gasteiger partial charge on any atom is -0.450 e. The molecule has 1 N–H and O–H groups in total. The fourth-order valence-electron chi connectivity index (χ4n) is 3.86. The van der Waals surface area contributed by atoms with Gasteiger partial charge in [0.25, 0.3) is 0 Å². The number of ether oxygens (including phenoxy) is 1. The van der Waals surface area contributed by atoms with E-state index in [1.54, 1.807) is 6.07 Å². The quantitative estimate of drug-likeness (QED) is 0.573. The van der Waals surface area contributed by atoms with Crippen LogP contribution in [0.3, 0.4) is 0 Å². The second-order valence-electron chi connectivity index (χ2n) is 7.11. The van der Waals surface area contributed by atoms with E-state index in [2.05, 4.69) is 22.3 Å². The molecule has 7 heteroatoms. The Hall–Kier alpha value is -2.08. The average Bonchev–Trinajstić information content (AvgIpc) is 3.05. The Kier molecular flexibility index (Phi) is 6.37. The van der Waals surface area contributed by atoms with E-state index >= 15 is 0 Å². The highest BCUT2D eigenvalue weighted by molar-refractivity contribution is 6.29. The second kappa shape index (κ2) is 8.74. The molecule has 0 radical (unpaired) electrons. The Labute approximate surface area is 165 Å². The number of fused-ring (bicyclic) bond motifs is 1. The first-order valence-electron chi connectivity index (χ1n) is 9.62. The van der Waals surface area contributed by atoms with Crippen molar-refractivity contribution in [3.05, 3.63) is 46.5 Å². The smallest absolute Gasteiger partial charge is 0.407 e. The van der Waals surface area contributed by atoms with Crippen molar-refractivity contribution in [3.63, 3.8) is 0 Å². The lowest BCUT2D eigenvalue weighted by Gasteiger charge is -2.37. The highest BCUT2D eigenvalue weighted by Crippen LogP contribution is 2.41. The van der Waals surface area contributed by atoms with Crippen LogP contribution in [0.2, 0.25) is 5.15 Å². The minimum atomic E-state index is -0.449. The summed E-state index contributed by atoms with van der Waals surface area (Å²) in [6.45, 7) is 2.97. The van der Waals surface area contributed by atoms with Crippen LogP contribution in [0.4, 0.5) is 4.79 Å². The standard InChI is InChI=1S/C20H27ClN4O2/c1-3-4-5-12-27-19(26)22-14-20(17-9-6-10-18(21)24-17)11-7-8-16-15(20)13-23-25(16)2/h6,9-10,13H,3-5,7-8,11-12,14H2,1-2H3,(H,22,26). The van der Waals surface area contributed by atoms with E-state index in [9.17, 15) is 4.79 Å². The zero-order valence-electron chi connectivity index (χ0n) is 16.0. The number of aryl methyl sites for hydroxylation is 1. The Morgan fingerprint density at radius 1 is 1.41 bits per heavy atom. The van der Waals surface area contributed by atoms with Gasteiger partial charge in [0.15, 0.2) is 0 Å². The Bertz CT molecular complexity index is 792. The molecule has 1 atom stereocenters. The molecule has 27 heavy (non-hydrogen) atoms. The number of amides is 1. The first kappa shape index (κ1) is 19.7. The van der Waals surface area contributed by atoms with E-state index in [-0.39, 0.29) is 6.09 Å². The van der Waals surface area contributed by atoms with Crippen molar-refractivity contribution in [2.45, 2.75) is 50.9 Å². The van der Waals surface area contributed by atoms with Gasteiger partial charge < -0.3 is 10.1 Å². The number of carbonyl (C=O) groups excluding carboxylic acids is 1. The molecule has 146 valence electrons. The number of nitrogens with one attached hydrogen (secondary N) is 1. The van der Waals surface area contributed by atoms with Gasteiger partial charge in [-0.15, -0.1) is 0 Å². The zero-order chi connectivity index (χ0) is 19.3. The zero-order valence-corrected chi connectivity index (χ0v) is 16.8. The van der Waals surface area contributed by atoms with E-state index < -0.39 is 5.41 Å². The summed E-state index contributed by atoms with van der Waals surface area (Å²) < 4.78 is 7.23. The number of aromatic nitrogens is 3. The van der Waals surface area contributed by atoms with Crippen LogP contribution in [-0.4, -0.2) is 34.0 Å². The molecule has 0 aliphatic heterocycles. The summed E-state index contributed by atoms with van der Waals surface area (Å²) in [6.07, 6.45) is 7.38. The fraction of sp³-hybridized carbons (Fsp3) is 0.550. The van der Waals surface area contributed by atoms with Gasteiger partial charge in [-0.2, -0.15) is 5.10 Å². The number of pyridine rings is 1. The molecule has 0 bridgehead atoms. The number of halogens is 1. The van der Waals surface area contributed by atoms with E-state index in [4.69, 9.17) is 16.3 Å². The van der Waals surface area contributed by atoms with Gasteiger partial charge in [-0.1, -0.05) is 37.4 Å². The van der Waals surface area contributed by atoms with Crippen molar-refractivity contribution >= 4 is 17.7 Å². The maximum atomic E-state index is 12.2. The van der Waals surface area contributed by atoms with Crippen LogP contribution in [0.5, 0.6) is 0 Å². The molecule has 1 amide bonds. The van der Waals surface area contributed by atoms with Gasteiger partial charge in [0, 0.05) is 24.8 Å². The monoisotopic (exact) mass is 390 g/mol. The number of carbonyl (C=O) groups is 1. The van der Waals surface area contributed by atoms with E-state index in [1.807, 2.05) is 30.1 Å². The molecular weight excluding hydrogens is 364 g/mol. The predicted molar refractivity (Wildman–Crippen MR) is 105 cm³/mol. The van der Waals surface area contributed by atoms with E-state index in [0.29, 0.717) is 18.3 Å². The molecule has 1 aliphatic rings. The van der Waals surface area contributed by atoms with Crippen LogP contribution >= 0.6 is 11.6 Å². The van der Waals surface area contributed by atoms with Crippen LogP contribution in [-0.2, 0) is 23.6 Å². The highest BCUT2D eigenvalue weighted by atomic mass is 35.5. The van der Waals surface area contributed by atoms with E-state index in [0.717, 1.165) is 49.8 Å². The molecular formula is C20H27ClN4O2. The van der Waals surface area contributed by atoms with Gasteiger partial charge in [0.2, 0.25) is 0 Å². The molecule has 0 saturated carbocycles. The van der Waals surface area contributed by atoms with Gasteiger partial charge in [-0.3, -0.25) is 4.68 Å². The molecule has 0 spiro atoms. The lowest BCUT2D eigenvalue weighted by atomic mass is 9.69. The lowest BCUT2D eigenvalue weighted by Crippen LogP contribution is -2.44. The van der Waals surface area contributed by atoms with Crippen LogP contribution in [0, 0.1) is 0 Å². The Morgan fingerprint density at radius 3 is 3.04 bits per heavy atom. The molecule has 1 aliphatic carbocycles. The summed E-state index contributed by atoms with van der Waals surface area (Å²) in [7, 11) is 1.95. The van der Waals surface area contributed by atoms with Crippen LogP contribution in [0.25, 0.3) is 0 Å². The fourth-order valence-corrected chi connectivity index (χ4v) is 4.02. The molecule has 1 unspecified atom stereocenters. The van der Waals surface area contributed by atoms with Gasteiger partial charge in [-0.05, 0) is 37.8 Å². The summed E-state index contributed by atoms with van der Waals surface area (Å²) in [5.74, 6) is 0. The number of hydrogen-bond donors (Lipinski definition) is 1. The maximum Gasteiger partial charge on any atom is 0.407 e.